The molecule has 0 fully saturated rings. The Bertz CT molecular complexity index is 79.5. The van der Waals surface area contributed by atoms with Crippen LogP contribution in [-0.2, 0) is 4.79 Å². The van der Waals surface area contributed by atoms with Gasteiger partial charge in [-0.3, -0.25) is 4.79 Å². The van der Waals surface area contributed by atoms with Crippen LogP contribution in [0, 0.1) is 0 Å². The van der Waals surface area contributed by atoms with Gasteiger partial charge in [-0.1, -0.05) is 23.8 Å². The van der Waals surface area contributed by atoms with Crippen LogP contribution in [0.15, 0.2) is 0 Å². The number of thiocarbonyl (C=S) groups is 1. The predicted molar refractivity (Wildman–Crippen MR) is 27.6 cm³/mol. The first-order chi connectivity index (χ1) is 2.64. The van der Waals surface area contributed by atoms with Crippen molar-refractivity contribution >= 4 is 34.0 Å². The van der Waals surface area contributed by atoms with Crippen molar-refractivity contribution in [1.82, 2.24) is 0 Å². The maximum absolute atomic E-state index is 9.65. The summed E-state index contributed by atoms with van der Waals surface area (Å²) in [6, 6.07) is 0. The Morgan fingerprint density at radius 2 is 2.00 bits per heavy atom. The number of carbonyl (C=O) groups excluding carboxylic acids is 1. The van der Waals surface area contributed by atoms with Gasteiger partial charge in [0, 0.05) is 0 Å². The monoisotopic (exact) mass is 123 g/mol. The fraction of sp³-hybridized carbons (Fsp3) is 0. The van der Waals surface area contributed by atoms with E-state index < -0.39 is 5.91 Å². The molecule has 1 amide bonds. The van der Waals surface area contributed by atoms with Crippen LogP contribution >= 0.6 is 23.8 Å². The molecule has 2 N–H and O–H groups in total. The summed E-state index contributed by atoms with van der Waals surface area (Å²) >= 11 is 8.98. The maximum atomic E-state index is 9.65. The van der Waals surface area contributed by atoms with Crippen LogP contribution in [0.1, 0.15) is 0 Å². The van der Waals surface area contributed by atoms with Crippen molar-refractivity contribution < 1.29 is 4.79 Å². The zero-order valence-corrected chi connectivity index (χ0v) is 4.34. The van der Waals surface area contributed by atoms with Crippen LogP contribution in [0.2, 0.25) is 0 Å². The van der Waals surface area contributed by atoms with Crippen molar-refractivity contribution in [3.05, 3.63) is 0 Å². The summed E-state index contributed by atoms with van der Waals surface area (Å²) < 4.78 is -0.296. The SMILES string of the molecule is NC(=O)C(=S)Cl. The molecule has 0 aromatic heterocycles. The molecule has 0 bridgehead atoms. The second-order valence-electron chi connectivity index (χ2n) is 0.638. The first kappa shape index (κ1) is 5.85. The fourth-order valence-electron chi connectivity index (χ4n) is 0. The number of carbonyl (C=O) groups is 1. The second-order valence-corrected chi connectivity index (χ2v) is 1.65. The maximum Gasteiger partial charge on any atom is 0.271 e. The summed E-state index contributed by atoms with van der Waals surface area (Å²) in [4.78, 5) is 9.65. The number of hydrogen-bond donors (Lipinski definition) is 1. The number of nitrogens with two attached hydrogens (primary N) is 1. The third-order valence-electron chi connectivity index (χ3n) is 0.194. The van der Waals surface area contributed by atoms with Crippen LogP contribution in [0.25, 0.3) is 0 Å². The minimum Gasteiger partial charge on any atom is -0.364 e. The molecule has 34 valence electrons. The number of halogens is 1. The Morgan fingerprint density at radius 1 is 1.83 bits per heavy atom. The van der Waals surface area contributed by atoms with Crippen molar-refractivity contribution in [1.29, 1.82) is 0 Å². The molecule has 0 rings (SSSR count). The normalized spacial score (nSPS) is 7.50. The van der Waals surface area contributed by atoms with Gasteiger partial charge >= 0.3 is 0 Å². The molecule has 0 aliphatic carbocycles. The van der Waals surface area contributed by atoms with E-state index in [1.165, 1.54) is 0 Å². The van der Waals surface area contributed by atoms with E-state index in [-0.39, 0.29) is 4.32 Å². The van der Waals surface area contributed by atoms with E-state index in [0.717, 1.165) is 0 Å². The van der Waals surface area contributed by atoms with Gasteiger partial charge in [-0.2, -0.15) is 0 Å². The van der Waals surface area contributed by atoms with E-state index in [1.54, 1.807) is 0 Å². The Labute approximate surface area is 45.3 Å². The summed E-state index contributed by atoms with van der Waals surface area (Å²) in [7, 11) is 0. The smallest absolute Gasteiger partial charge is 0.271 e. The van der Waals surface area contributed by atoms with Crippen LogP contribution < -0.4 is 5.73 Å². The van der Waals surface area contributed by atoms with Crippen LogP contribution in [-0.4, -0.2) is 10.2 Å². The summed E-state index contributed by atoms with van der Waals surface area (Å²) in [5, 5.41) is 0. The molecule has 4 heteroatoms. The topological polar surface area (TPSA) is 43.1 Å². The van der Waals surface area contributed by atoms with Gasteiger partial charge in [-0.15, -0.1) is 0 Å². The molecule has 0 saturated heterocycles. The van der Waals surface area contributed by atoms with Gasteiger partial charge in [-0.25, -0.2) is 0 Å². The number of amides is 1. The zero-order valence-electron chi connectivity index (χ0n) is 2.77. The highest BCUT2D eigenvalue weighted by molar-refractivity contribution is 7.85. The molecule has 0 aromatic carbocycles. The van der Waals surface area contributed by atoms with Gasteiger partial charge < -0.3 is 5.73 Å². The third-order valence-corrected chi connectivity index (χ3v) is 0.581. The molecule has 0 unspecified atom stereocenters. The van der Waals surface area contributed by atoms with Gasteiger partial charge in [0.15, 0.2) is 4.32 Å². The van der Waals surface area contributed by atoms with E-state index in [9.17, 15) is 4.79 Å². The van der Waals surface area contributed by atoms with Crippen molar-refractivity contribution in [3.8, 4) is 0 Å². The first-order valence-electron chi connectivity index (χ1n) is 1.14. The summed E-state index contributed by atoms with van der Waals surface area (Å²) in [5.41, 5.74) is 4.52. The Balaban J connectivity index is 3.57. The van der Waals surface area contributed by atoms with Crippen LogP contribution in [0.5, 0.6) is 0 Å². The second kappa shape index (κ2) is 2.10. The van der Waals surface area contributed by atoms with E-state index >= 15 is 0 Å². The van der Waals surface area contributed by atoms with E-state index in [2.05, 4.69) is 18.0 Å². The van der Waals surface area contributed by atoms with Crippen molar-refractivity contribution in [2.24, 2.45) is 5.73 Å². The molecule has 0 radical (unpaired) electrons. The summed E-state index contributed by atoms with van der Waals surface area (Å²) in [5.74, 6) is -0.744. The van der Waals surface area contributed by atoms with E-state index in [1.807, 2.05) is 0 Å². The molecule has 2 nitrogen and oxygen atoms in total. The van der Waals surface area contributed by atoms with Crippen LogP contribution in [0.3, 0.4) is 0 Å². The number of rotatable bonds is 1. The average molecular weight is 124 g/mol. The molecule has 0 aliphatic rings. The molecule has 0 aromatic rings. The molecule has 0 aliphatic heterocycles. The van der Waals surface area contributed by atoms with Gasteiger partial charge in [-0.05, 0) is 0 Å². The number of primary amides is 1. The molecule has 0 heterocycles. The molecule has 6 heavy (non-hydrogen) atoms. The lowest BCUT2D eigenvalue weighted by atomic mass is 10.8. The van der Waals surface area contributed by atoms with E-state index in [0.29, 0.717) is 0 Å². The summed E-state index contributed by atoms with van der Waals surface area (Å²) in [6.07, 6.45) is 0. The molecule has 0 atom stereocenters. The fourth-order valence-corrected chi connectivity index (χ4v) is 0. The Morgan fingerprint density at radius 3 is 2.00 bits per heavy atom. The highest BCUT2D eigenvalue weighted by Gasteiger charge is 1.93. The van der Waals surface area contributed by atoms with Gasteiger partial charge in [0.1, 0.15) is 0 Å². The highest BCUT2D eigenvalue weighted by atomic mass is 35.5. The molecule has 0 spiro atoms. The van der Waals surface area contributed by atoms with Gasteiger partial charge in [0.05, 0.1) is 0 Å². The number of hydrogen-bond acceptors (Lipinski definition) is 2. The predicted octanol–water partition coefficient (Wildman–Crippen LogP) is 0.0379. The minimum absolute atomic E-state index is 0.296. The van der Waals surface area contributed by atoms with Gasteiger partial charge in [0.25, 0.3) is 5.91 Å². The van der Waals surface area contributed by atoms with Crippen molar-refractivity contribution in [2.75, 3.05) is 0 Å². The first-order valence-corrected chi connectivity index (χ1v) is 1.92. The molecular formula is C2H2ClNOS. The Hall–Kier alpha value is -0.150. The van der Waals surface area contributed by atoms with Gasteiger partial charge in [0.2, 0.25) is 0 Å². The van der Waals surface area contributed by atoms with E-state index in [4.69, 9.17) is 11.6 Å². The standard InChI is InChI=1S/C2H2ClNOS/c3-1(6)2(4)5/h(H2,4,5). The van der Waals surface area contributed by atoms with Crippen molar-refractivity contribution in [3.63, 3.8) is 0 Å². The van der Waals surface area contributed by atoms with Crippen LogP contribution in [0.4, 0.5) is 0 Å². The molecular weight excluding hydrogens is 122 g/mol. The lowest BCUT2D eigenvalue weighted by Crippen LogP contribution is -2.15. The minimum atomic E-state index is -0.744. The van der Waals surface area contributed by atoms with Crippen molar-refractivity contribution in [2.45, 2.75) is 0 Å². The average Bonchev–Trinajstić information content (AvgIpc) is 1.36. The largest absolute Gasteiger partial charge is 0.364 e. The summed E-state index contributed by atoms with van der Waals surface area (Å²) in [6.45, 7) is 0. The third kappa shape index (κ3) is 2.11. The zero-order chi connectivity index (χ0) is 5.15. The molecule has 0 saturated carbocycles. The lowest BCUT2D eigenvalue weighted by Gasteiger charge is -1.75. The lowest BCUT2D eigenvalue weighted by molar-refractivity contribution is -0.111. The quantitative estimate of drug-likeness (QED) is 0.395. The Kier molecular flexibility index (Phi) is 2.05. The highest BCUT2D eigenvalue weighted by Crippen LogP contribution is 1.78.